The Kier molecular flexibility index (Phi) is 5.31. The number of carbonyl (C=O) groups is 2. The summed E-state index contributed by atoms with van der Waals surface area (Å²) < 4.78 is 44.2. The fourth-order valence-electron chi connectivity index (χ4n) is 2.03. The minimum atomic E-state index is -4.61. The Hall–Kier alpha value is -3.03. The van der Waals surface area contributed by atoms with E-state index in [1.54, 1.807) is 6.92 Å². The van der Waals surface area contributed by atoms with Gasteiger partial charge in [0.25, 0.3) is 0 Å². The second kappa shape index (κ2) is 7.25. The van der Waals surface area contributed by atoms with Crippen LogP contribution in [0.5, 0.6) is 11.5 Å². The van der Waals surface area contributed by atoms with Gasteiger partial charge in [0.1, 0.15) is 11.5 Å². The first-order valence-corrected chi connectivity index (χ1v) is 7.23. The van der Waals surface area contributed by atoms with Crippen LogP contribution in [-0.4, -0.2) is 17.0 Å². The van der Waals surface area contributed by atoms with Gasteiger partial charge in [0.05, 0.1) is 16.8 Å². The highest BCUT2D eigenvalue weighted by Crippen LogP contribution is 2.38. The summed E-state index contributed by atoms with van der Waals surface area (Å²) in [6.07, 6.45) is -4.46. The summed E-state index contributed by atoms with van der Waals surface area (Å²) in [4.78, 5) is 22.8. The molecule has 0 aromatic heterocycles. The molecular formula is C17H14F3NO4. The Morgan fingerprint density at radius 3 is 2.44 bits per heavy atom. The van der Waals surface area contributed by atoms with E-state index in [2.05, 4.69) is 5.32 Å². The average molecular weight is 353 g/mol. The van der Waals surface area contributed by atoms with Crippen LogP contribution in [0.3, 0.4) is 0 Å². The summed E-state index contributed by atoms with van der Waals surface area (Å²) >= 11 is 0. The predicted octanol–water partition coefficient (Wildman–Crippen LogP) is 4.54. The largest absolute Gasteiger partial charge is 0.478 e. The van der Waals surface area contributed by atoms with Crippen molar-refractivity contribution in [3.05, 3.63) is 53.6 Å². The Balaban J connectivity index is 2.38. The van der Waals surface area contributed by atoms with E-state index in [1.165, 1.54) is 24.3 Å². The zero-order valence-electron chi connectivity index (χ0n) is 13.1. The van der Waals surface area contributed by atoms with Crippen molar-refractivity contribution in [1.82, 2.24) is 0 Å². The number of hydrogen-bond donors (Lipinski definition) is 2. The zero-order valence-corrected chi connectivity index (χ0v) is 13.1. The van der Waals surface area contributed by atoms with Gasteiger partial charge in [0.2, 0.25) is 5.91 Å². The summed E-state index contributed by atoms with van der Waals surface area (Å²) in [5, 5.41) is 11.7. The van der Waals surface area contributed by atoms with Crippen molar-refractivity contribution in [2.75, 3.05) is 5.32 Å². The molecule has 0 radical (unpaired) electrons. The molecule has 2 aromatic carbocycles. The number of halogens is 3. The Morgan fingerprint density at radius 1 is 1.16 bits per heavy atom. The predicted molar refractivity (Wildman–Crippen MR) is 83.8 cm³/mol. The highest BCUT2D eigenvalue weighted by Gasteiger charge is 2.34. The molecule has 0 heterocycles. The SMILES string of the molecule is CCC(=O)Nc1ccc(Oc2ccccc2C(F)(F)F)cc1C(=O)O. The molecule has 0 spiro atoms. The number of anilines is 1. The molecule has 132 valence electrons. The van der Waals surface area contributed by atoms with E-state index in [4.69, 9.17) is 4.74 Å². The van der Waals surface area contributed by atoms with Crippen molar-refractivity contribution in [2.45, 2.75) is 19.5 Å². The molecule has 8 heteroatoms. The first-order chi connectivity index (χ1) is 11.7. The number of nitrogens with one attached hydrogen (secondary N) is 1. The van der Waals surface area contributed by atoms with Gasteiger partial charge in [0, 0.05) is 6.42 Å². The number of hydrogen-bond acceptors (Lipinski definition) is 3. The van der Waals surface area contributed by atoms with Crippen LogP contribution >= 0.6 is 0 Å². The third-order valence-corrected chi connectivity index (χ3v) is 3.24. The number of rotatable bonds is 5. The summed E-state index contributed by atoms with van der Waals surface area (Å²) in [5.41, 5.74) is -1.23. The molecular weight excluding hydrogens is 339 g/mol. The summed E-state index contributed by atoms with van der Waals surface area (Å²) in [5.74, 6) is -2.28. The molecule has 2 aromatic rings. The molecule has 0 aliphatic carbocycles. The minimum Gasteiger partial charge on any atom is -0.478 e. The van der Waals surface area contributed by atoms with Crippen molar-refractivity contribution in [3.8, 4) is 11.5 Å². The van der Waals surface area contributed by atoms with Gasteiger partial charge in [0.15, 0.2) is 0 Å². The smallest absolute Gasteiger partial charge is 0.419 e. The number of amides is 1. The number of aromatic carboxylic acids is 1. The maximum atomic E-state index is 13.0. The lowest BCUT2D eigenvalue weighted by atomic mass is 10.1. The molecule has 0 saturated heterocycles. The van der Waals surface area contributed by atoms with Gasteiger partial charge in [-0.15, -0.1) is 0 Å². The zero-order chi connectivity index (χ0) is 18.6. The van der Waals surface area contributed by atoms with Gasteiger partial charge in [-0.3, -0.25) is 4.79 Å². The normalized spacial score (nSPS) is 11.0. The lowest BCUT2D eigenvalue weighted by Gasteiger charge is -2.15. The van der Waals surface area contributed by atoms with Gasteiger partial charge in [-0.25, -0.2) is 4.79 Å². The topological polar surface area (TPSA) is 75.6 Å². The number of carboxylic acids is 1. The Bertz CT molecular complexity index is 803. The molecule has 5 nitrogen and oxygen atoms in total. The number of ether oxygens (including phenoxy) is 1. The Morgan fingerprint density at radius 2 is 1.84 bits per heavy atom. The van der Waals surface area contributed by atoms with Crippen LogP contribution in [0.25, 0.3) is 0 Å². The summed E-state index contributed by atoms with van der Waals surface area (Å²) in [6.45, 7) is 1.60. The van der Waals surface area contributed by atoms with Crippen molar-refractivity contribution < 1.29 is 32.6 Å². The van der Waals surface area contributed by atoms with Gasteiger partial charge in [-0.1, -0.05) is 19.1 Å². The van der Waals surface area contributed by atoms with Crippen molar-refractivity contribution in [2.24, 2.45) is 0 Å². The third kappa shape index (κ3) is 4.50. The molecule has 0 bridgehead atoms. The van der Waals surface area contributed by atoms with Crippen LogP contribution in [0, 0.1) is 0 Å². The van der Waals surface area contributed by atoms with Gasteiger partial charge < -0.3 is 15.2 Å². The second-order valence-electron chi connectivity index (χ2n) is 5.01. The van der Waals surface area contributed by atoms with Crippen LogP contribution in [-0.2, 0) is 11.0 Å². The molecule has 25 heavy (non-hydrogen) atoms. The molecule has 1 amide bonds. The first kappa shape index (κ1) is 18.3. The van der Waals surface area contributed by atoms with Crippen molar-refractivity contribution in [1.29, 1.82) is 0 Å². The van der Waals surface area contributed by atoms with Crippen LogP contribution in [0.2, 0.25) is 0 Å². The fourth-order valence-corrected chi connectivity index (χ4v) is 2.03. The molecule has 0 fully saturated rings. The third-order valence-electron chi connectivity index (χ3n) is 3.24. The highest BCUT2D eigenvalue weighted by molar-refractivity contribution is 6.00. The lowest BCUT2D eigenvalue weighted by molar-refractivity contribution is -0.138. The van der Waals surface area contributed by atoms with Gasteiger partial charge in [-0.2, -0.15) is 13.2 Å². The van der Waals surface area contributed by atoms with E-state index < -0.39 is 29.4 Å². The standard InChI is InChI=1S/C17H14F3NO4/c1-2-15(22)21-13-8-7-10(9-11(13)16(23)24)25-14-6-4-3-5-12(14)17(18,19)20/h3-9H,2H2,1H3,(H,21,22)(H,23,24). The van der Waals surface area contributed by atoms with Gasteiger partial charge in [-0.05, 0) is 30.3 Å². The van der Waals surface area contributed by atoms with E-state index in [0.717, 1.165) is 18.2 Å². The first-order valence-electron chi connectivity index (χ1n) is 7.23. The van der Waals surface area contributed by atoms with Gasteiger partial charge >= 0.3 is 12.1 Å². The van der Waals surface area contributed by atoms with E-state index in [9.17, 15) is 27.9 Å². The lowest BCUT2D eigenvalue weighted by Crippen LogP contribution is -2.13. The minimum absolute atomic E-state index is 0.0378. The van der Waals surface area contributed by atoms with Crippen LogP contribution < -0.4 is 10.1 Å². The average Bonchev–Trinajstić information content (AvgIpc) is 2.55. The highest BCUT2D eigenvalue weighted by atomic mass is 19.4. The molecule has 0 atom stereocenters. The number of alkyl halides is 3. The van der Waals surface area contributed by atoms with E-state index in [1.807, 2.05) is 0 Å². The van der Waals surface area contributed by atoms with Crippen molar-refractivity contribution in [3.63, 3.8) is 0 Å². The van der Waals surface area contributed by atoms with Crippen LogP contribution in [0.4, 0.5) is 18.9 Å². The molecule has 0 unspecified atom stereocenters. The van der Waals surface area contributed by atoms with E-state index >= 15 is 0 Å². The monoisotopic (exact) mass is 353 g/mol. The maximum absolute atomic E-state index is 13.0. The quantitative estimate of drug-likeness (QED) is 0.827. The number of carboxylic acid groups (broad SMARTS) is 1. The molecule has 0 aliphatic heterocycles. The second-order valence-corrected chi connectivity index (χ2v) is 5.01. The number of carbonyl (C=O) groups excluding carboxylic acids is 1. The Labute approximate surface area is 141 Å². The fraction of sp³-hybridized carbons (Fsp3) is 0.176. The molecule has 2 N–H and O–H groups in total. The molecule has 0 saturated carbocycles. The van der Waals surface area contributed by atoms with Crippen LogP contribution in [0.1, 0.15) is 29.3 Å². The maximum Gasteiger partial charge on any atom is 0.419 e. The van der Waals surface area contributed by atoms with E-state index in [-0.39, 0.29) is 23.4 Å². The molecule has 2 rings (SSSR count). The summed E-state index contributed by atoms with van der Waals surface area (Å²) in [7, 11) is 0. The van der Waals surface area contributed by atoms with Crippen molar-refractivity contribution >= 4 is 17.6 Å². The van der Waals surface area contributed by atoms with Crippen LogP contribution in [0.15, 0.2) is 42.5 Å². The number of benzene rings is 2. The summed E-state index contributed by atoms with van der Waals surface area (Å²) in [6, 6.07) is 8.20. The van der Waals surface area contributed by atoms with E-state index in [0.29, 0.717) is 0 Å². The molecule has 0 aliphatic rings. The number of para-hydroxylation sites is 1.